The Labute approximate surface area is 98.2 Å². The van der Waals surface area contributed by atoms with Crippen LogP contribution in [0.25, 0.3) is 0 Å². The minimum atomic E-state index is -3.67. The number of sulfonamides is 1. The first kappa shape index (κ1) is 12.4. The zero-order chi connectivity index (χ0) is 8.48. The number of hydrogen-bond acceptors (Lipinski definition) is 2. The SMILES string of the molecule is NS(=O)(=O)c1ccccc1Cl.[Na]. The molecule has 2 N–H and O–H groups in total. The van der Waals surface area contributed by atoms with Crippen LogP contribution in [0.5, 0.6) is 0 Å². The molecule has 0 fully saturated rings. The molecule has 1 rings (SSSR count). The maximum Gasteiger partial charge on any atom is 0.239 e. The summed E-state index contributed by atoms with van der Waals surface area (Å²) in [6.07, 6.45) is 0. The van der Waals surface area contributed by atoms with E-state index in [0.29, 0.717) is 0 Å². The average Bonchev–Trinajstić information content (AvgIpc) is 1.86. The maximum atomic E-state index is 10.7. The van der Waals surface area contributed by atoms with Crippen molar-refractivity contribution in [3.05, 3.63) is 29.3 Å². The summed E-state index contributed by atoms with van der Waals surface area (Å²) in [5, 5.41) is 4.99. The number of benzene rings is 1. The fourth-order valence-electron chi connectivity index (χ4n) is 0.675. The molecule has 0 aromatic heterocycles. The first-order valence-electron chi connectivity index (χ1n) is 2.79. The van der Waals surface area contributed by atoms with Crippen molar-refractivity contribution in [3.8, 4) is 0 Å². The van der Waals surface area contributed by atoms with Gasteiger partial charge in [-0.1, -0.05) is 23.7 Å². The van der Waals surface area contributed by atoms with Crippen molar-refractivity contribution in [3.63, 3.8) is 0 Å². The van der Waals surface area contributed by atoms with E-state index >= 15 is 0 Å². The van der Waals surface area contributed by atoms with Crippen molar-refractivity contribution in [2.24, 2.45) is 5.14 Å². The average molecular weight is 215 g/mol. The van der Waals surface area contributed by atoms with Gasteiger partial charge in [0.1, 0.15) is 4.90 Å². The molecule has 0 unspecified atom stereocenters. The molecule has 1 aromatic rings. The van der Waals surface area contributed by atoms with Gasteiger partial charge in [-0.05, 0) is 12.1 Å². The molecule has 3 nitrogen and oxygen atoms in total. The summed E-state index contributed by atoms with van der Waals surface area (Å²) in [5.41, 5.74) is 0. The standard InChI is InChI=1S/C6H6ClNO2S.Na/c7-5-3-1-2-4-6(5)11(8,9)10;/h1-4H,(H2,8,9,10);. The summed E-state index contributed by atoms with van der Waals surface area (Å²) in [7, 11) is -3.67. The third kappa shape index (κ3) is 3.05. The van der Waals surface area contributed by atoms with Crippen LogP contribution < -0.4 is 5.14 Å². The van der Waals surface area contributed by atoms with Gasteiger partial charge in [0.05, 0.1) is 5.02 Å². The Bertz CT molecular complexity index is 366. The number of hydrogen-bond donors (Lipinski definition) is 1. The van der Waals surface area contributed by atoms with Gasteiger partial charge in [0, 0.05) is 29.6 Å². The molecule has 0 aliphatic rings. The summed E-state index contributed by atoms with van der Waals surface area (Å²) in [6.45, 7) is 0. The van der Waals surface area contributed by atoms with Crippen molar-refractivity contribution < 1.29 is 8.42 Å². The molecule has 1 radical (unpaired) electrons. The third-order valence-electron chi connectivity index (χ3n) is 1.14. The summed E-state index contributed by atoms with van der Waals surface area (Å²) >= 11 is 5.55. The molecule has 0 saturated carbocycles. The van der Waals surface area contributed by atoms with E-state index in [4.69, 9.17) is 16.7 Å². The second-order valence-electron chi connectivity index (χ2n) is 1.98. The minimum Gasteiger partial charge on any atom is -0.225 e. The molecule has 0 saturated heterocycles. The van der Waals surface area contributed by atoms with Crippen molar-refractivity contribution >= 4 is 51.2 Å². The molecule has 0 aliphatic carbocycles. The fourth-order valence-corrected chi connectivity index (χ4v) is 1.74. The zero-order valence-electron chi connectivity index (χ0n) is 6.49. The molecule has 0 atom stereocenters. The van der Waals surface area contributed by atoms with E-state index in [2.05, 4.69) is 0 Å². The van der Waals surface area contributed by atoms with Crippen LogP contribution in [0, 0.1) is 0 Å². The van der Waals surface area contributed by atoms with E-state index in [1.165, 1.54) is 12.1 Å². The second-order valence-corrected chi connectivity index (χ2v) is 3.91. The van der Waals surface area contributed by atoms with Crippen molar-refractivity contribution in [2.45, 2.75) is 4.90 Å². The largest absolute Gasteiger partial charge is 0.239 e. The summed E-state index contributed by atoms with van der Waals surface area (Å²) in [6, 6.07) is 6.03. The molecule has 12 heavy (non-hydrogen) atoms. The molecule has 0 bridgehead atoms. The Hall–Kier alpha value is 0.420. The predicted molar refractivity (Wildman–Crippen MR) is 48.6 cm³/mol. The second kappa shape index (κ2) is 4.60. The van der Waals surface area contributed by atoms with E-state index in [9.17, 15) is 8.42 Å². The molecular formula is C6H6ClNNaO2S. The normalized spacial score (nSPS) is 10.5. The summed E-state index contributed by atoms with van der Waals surface area (Å²) in [5.74, 6) is 0. The van der Waals surface area contributed by atoms with Gasteiger partial charge in [-0.2, -0.15) is 0 Å². The molecule has 61 valence electrons. The zero-order valence-corrected chi connectivity index (χ0v) is 10.1. The van der Waals surface area contributed by atoms with E-state index < -0.39 is 10.0 Å². The van der Waals surface area contributed by atoms with Gasteiger partial charge in [0.15, 0.2) is 0 Å². The van der Waals surface area contributed by atoms with Crippen LogP contribution in [-0.2, 0) is 10.0 Å². The first-order chi connectivity index (χ1) is 5.02. The van der Waals surface area contributed by atoms with E-state index in [1.54, 1.807) is 12.1 Å². The van der Waals surface area contributed by atoms with E-state index in [0.717, 1.165) is 0 Å². The topological polar surface area (TPSA) is 60.2 Å². The molecule has 0 amide bonds. The third-order valence-corrected chi connectivity index (χ3v) is 2.55. The number of halogens is 1. The maximum absolute atomic E-state index is 10.7. The van der Waals surface area contributed by atoms with Crippen molar-refractivity contribution in [1.29, 1.82) is 0 Å². The quantitative estimate of drug-likeness (QED) is 0.697. The van der Waals surface area contributed by atoms with Crippen molar-refractivity contribution in [1.82, 2.24) is 0 Å². The van der Waals surface area contributed by atoms with Gasteiger partial charge in [-0.25, -0.2) is 13.6 Å². The fraction of sp³-hybridized carbons (Fsp3) is 0. The van der Waals surface area contributed by atoms with Crippen LogP contribution in [0.15, 0.2) is 29.2 Å². The van der Waals surface area contributed by atoms with Gasteiger partial charge in [-0.3, -0.25) is 0 Å². The van der Waals surface area contributed by atoms with Gasteiger partial charge in [0.25, 0.3) is 0 Å². The van der Waals surface area contributed by atoms with Crippen LogP contribution >= 0.6 is 11.6 Å². The number of nitrogens with two attached hydrogens (primary N) is 1. The van der Waals surface area contributed by atoms with Gasteiger partial charge in [0.2, 0.25) is 10.0 Å². The number of primary sulfonamides is 1. The summed E-state index contributed by atoms with van der Waals surface area (Å²) < 4.78 is 21.5. The Balaban J connectivity index is 0.00000121. The Morgan fingerprint density at radius 1 is 1.25 bits per heavy atom. The molecule has 0 spiro atoms. The Morgan fingerprint density at radius 2 is 1.75 bits per heavy atom. The number of rotatable bonds is 1. The molecule has 0 aliphatic heterocycles. The van der Waals surface area contributed by atoms with Gasteiger partial charge >= 0.3 is 0 Å². The Kier molecular flexibility index (Phi) is 4.76. The van der Waals surface area contributed by atoms with Crippen molar-refractivity contribution in [2.75, 3.05) is 0 Å². The molecule has 0 heterocycles. The van der Waals surface area contributed by atoms with E-state index in [1.807, 2.05) is 0 Å². The van der Waals surface area contributed by atoms with Gasteiger partial charge in [-0.15, -0.1) is 0 Å². The van der Waals surface area contributed by atoms with Crippen LogP contribution in [-0.4, -0.2) is 38.0 Å². The monoisotopic (exact) mass is 214 g/mol. The molecule has 6 heteroatoms. The minimum absolute atomic E-state index is 0. The van der Waals surface area contributed by atoms with Crippen LogP contribution in [0.2, 0.25) is 5.02 Å². The van der Waals surface area contributed by atoms with Crippen LogP contribution in [0.1, 0.15) is 0 Å². The smallest absolute Gasteiger partial charge is 0.225 e. The molecule has 1 aromatic carbocycles. The van der Waals surface area contributed by atoms with Gasteiger partial charge < -0.3 is 0 Å². The Morgan fingerprint density at radius 3 is 2.08 bits per heavy atom. The predicted octanol–water partition coefficient (Wildman–Crippen LogP) is 0.607. The first-order valence-corrected chi connectivity index (χ1v) is 4.71. The molecular weight excluding hydrogens is 209 g/mol. The van der Waals surface area contributed by atoms with Crippen LogP contribution in [0.3, 0.4) is 0 Å². The van der Waals surface area contributed by atoms with Crippen LogP contribution in [0.4, 0.5) is 0 Å². The van der Waals surface area contributed by atoms with E-state index in [-0.39, 0.29) is 39.5 Å². The summed E-state index contributed by atoms with van der Waals surface area (Å²) in [4.78, 5) is -0.0401.